The lowest BCUT2D eigenvalue weighted by molar-refractivity contribution is 0.298. The van der Waals surface area contributed by atoms with E-state index < -0.39 is 0 Å². The van der Waals surface area contributed by atoms with Gasteiger partial charge in [-0.15, -0.1) is 0 Å². The van der Waals surface area contributed by atoms with E-state index in [-0.39, 0.29) is 5.75 Å². The van der Waals surface area contributed by atoms with E-state index in [4.69, 9.17) is 23.2 Å². The number of nitrogens with one attached hydrogen (secondary N) is 1. The number of aromatic hydroxyl groups is 1. The summed E-state index contributed by atoms with van der Waals surface area (Å²) in [6.07, 6.45) is 1.08. The molecule has 108 valence electrons. The molecule has 0 aliphatic rings. The van der Waals surface area contributed by atoms with Crippen LogP contribution in [0.2, 0.25) is 10.0 Å². The predicted molar refractivity (Wildman–Crippen MR) is 82.2 cm³/mol. The molecule has 0 saturated carbocycles. The van der Waals surface area contributed by atoms with Crippen LogP contribution in [0.15, 0.2) is 12.1 Å². The minimum Gasteiger partial charge on any atom is -0.506 e. The van der Waals surface area contributed by atoms with E-state index in [0.29, 0.717) is 16.6 Å². The van der Waals surface area contributed by atoms with E-state index in [0.717, 1.165) is 38.2 Å². The Morgan fingerprint density at radius 3 is 2.53 bits per heavy atom. The lowest BCUT2D eigenvalue weighted by Gasteiger charge is -2.17. The first-order chi connectivity index (χ1) is 9.08. The fourth-order valence-electron chi connectivity index (χ4n) is 1.94. The number of hydrogen-bond donors (Lipinski definition) is 2. The molecule has 0 saturated heterocycles. The van der Waals surface area contributed by atoms with Crippen LogP contribution < -0.4 is 5.32 Å². The summed E-state index contributed by atoms with van der Waals surface area (Å²) in [5.74, 6) is 0.113. The van der Waals surface area contributed by atoms with Gasteiger partial charge in [0.1, 0.15) is 5.75 Å². The predicted octanol–water partition coefficient (Wildman–Crippen LogP) is 3.52. The number of nitrogens with zero attached hydrogens (tertiary/aromatic N) is 1. The van der Waals surface area contributed by atoms with Crippen molar-refractivity contribution in [3.63, 3.8) is 0 Å². The van der Waals surface area contributed by atoms with Gasteiger partial charge in [-0.1, -0.05) is 37.0 Å². The van der Waals surface area contributed by atoms with Crippen LogP contribution >= 0.6 is 23.2 Å². The Morgan fingerprint density at radius 2 is 1.89 bits per heavy atom. The highest BCUT2D eigenvalue weighted by molar-refractivity contribution is 6.35. The number of hydrogen-bond acceptors (Lipinski definition) is 3. The number of rotatable bonds is 8. The molecule has 0 aromatic heterocycles. The smallest absolute Gasteiger partial charge is 0.138 e. The third-order valence-corrected chi connectivity index (χ3v) is 3.65. The van der Waals surface area contributed by atoms with Crippen molar-refractivity contribution in [2.45, 2.75) is 26.8 Å². The van der Waals surface area contributed by atoms with Crippen molar-refractivity contribution < 1.29 is 5.11 Å². The van der Waals surface area contributed by atoms with Gasteiger partial charge in [0.2, 0.25) is 0 Å². The molecule has 5 heteroatoms. The second-order valence-electron chi connectivity index (χ2n) is 4.45. The molecule has 0 aliphatic heterocycles. The molecule has 0 atom stereocenters. The van der Waals surface area contributed by atoms with Gasteiger partial charge in [-0.25, -0.2) is 0 Å². The minimum absolute atomic E-state index is 0.113. The highest BCUT2D eigenvalue weighted by atomic mass is 35.5. The van der Waals surface area contributed by atoms with Gasteiger partial charge in [0.15, 0.2) is 0 Å². The molecular weight excluding hydrogens is 283 g/mol. The van der Waals surface area contributed by atoms with E-state index in [2.05, 4.69) is 24.1 Å². The fraction of sp³-hybridized carbons (Fsp3) is 0.571. The van der Waals surface area contributed by atoms with E-state index in [1.807, 2.05) is 0 Å². The zero-order chi connectivity index (χ0) is 14.3. The van der Waals surface area contributed by atoms with Crippen molar-refractivity contribution in [2.75, 3.05) is 26.2 Å². The average Bonchev–Trinajstić information content (AvgIpc) is 2.39. The Bertz CT molecular complexity index is 395. The molecule has 1 aromatic rings. The van der Waals surface area contributed by atoms with Gasteiger partial charge < -0.3 is 15.3 Å². The van der Waals surface area contributed by atoms with Crippen molar-refractivity contribution in [1.29, 1.82) is 0 Å². The number of benzene rings is 1. The normalized spacial score (nSPS) is 11.2. The summed E-state index contributed by atoms with van der Waals surface area (Å²) in [5.41, 5.74) is 0.736. The Kier molecular flexibility index (Phi) is 7.54. The van der Waals surface area contributed by atoms with Crippen LogP contribution in [-0.2, 0) is 6.54 Å². The van der Waals surface area contributed by atoms with Gasteiger partial charge in [0.25, 0.3) is 0 Å². The minimum atomic E-state index is 0.113. The first-order valence-corrected chi connectivity index (χ1v) is 7.44. The van der Waals surface area contributed by atoms with Gasteiger partial charge in [-0.3, -0.25) is 0 Å². The highest BCUT2D eigenvalue weighted by Crippen LogP contribution is 2.30. The van der Waals surface area contributed by atoms with Crippen LogP contribution in [0.3, 0.4) is 0 Å². The molecule has 0 aliphatic carbocycles. The zero-order valence-electron chi connectivity index (χ0n) is 11.5. The van der Waals surface area contributed by atoms with Crippen molar-refractivity contribution in [2.24, 2.45) is 0 Å². The maximum Gasteiger partial charge on any atom is 0.138 e. The standard InChI is InChI=1S/C14H22Cl2N2O/c1-3-18(4-2)7-5-6-17-10-11-8-12(15)9-13(16)14(11)19/h8-9,17,19H,3-7,10H2,1-2H3. The lowest BCUT2D eigenvalue weighted by atomic mass is 10.2. The van der Waals surface area contributed by atoms with Gasteiger partial charge in [-0.2, -0.15) is 0 Å². The molecule has 1 rings (SSSR count). The summed E-state index contributed by atoms with van der Waals surface area (Å²) in [7, 11) is 0. The van der Waals surface area contributed by atoms with Crippen LogP contribution in [0.1, 0.15) is 25.8 Å². The van der Waals surface area contributed by atoms with Crippen molar-refractivity contribution in [3.8, 4) is 5.75 Å². The van der Waals surface area contributed by atoms with E-state index in [9.17, 15) is 5.11 Å². The van der Waals surface area contributed by atoms with Crippen LogP contribution in [-0.4, -0.2) is 36.2 Å². The molecule has 0 radical (unpaired) electrons. The Morgan fingerprint density at radius 1 is 1.21 bits per heavy atom. The zero-order valence-corrected chi connectivity index (χ0v) is 13.1. The first-order valence-electron chi connectivity index (χ1n) is 6.68. The third-order valence-electron chi connectivity index (χ3n) is 3.14. The monoisotopic (exact) mass is 304 g/mol. The molecule has 1 aromatic carbocycles. The van der Waals surface area contributed by atoms with Crippen LogP contribution in [0.5, 0.6) is 5.75 Å². The second kappa shape index (κ2) is 8.64. The molecule has 0 unspecified atom stereocenters. The average molecular weight is 305 g/mol. The van der Waals surface area contributed by atoms with Crippen molar-refractivity contribution in [3.05, 3.63) is 27.7 Å². The third kappa shape index (κ3) is 5.57. The molecule has 0 spiro atoms. The number of halogens is 2. The summed E-state index contributed by atoms with van der Waals surface area (Å²) < 4.78 is 0. The number of phenols is 1. The van der Waals surface area contributed by atoms with E-state index >= 15 is 0 Å². The second-order valence-corrected chi connectivity index (χ2v) is 5.30. The summed E-state index contributed by atoms with van der Waals surface area (Å²) in [6.45, 7) is 9.07. The Balaban J connectivity index is 2.34. The summed E-state index contributed by atoms with van der Waals surface area (Å²) in [4.78, 5) is 2.38. The topological polar surface area (TPSA) is 35.5 Å². The largest absolute Gasteiger partial charge is 0.506 e. The molecule has 2 N–H and O–H groups in total. The lowest BCUT2D eigenvalue weighted by Crippen LogP contribution is -2.27. The van der Waals surface area contributed by atoms with Gasteiger partial charge >= 0.3 is 0 Å². The summed E-state index contributed by atoms with van der Waals surface area (Å²) in [5, 5.41) is 13.9. The van der Waals surface area contributed by atoms with Gasteiger partial charge in [0, 0.05) is 17.1 Å². The maximum atomic E-state index is 9.80. The molecule has 0 bridgehead atoms. The number of phenolic OH excluding ortho intramolecular Hbond substituents is 1. The fourth-order valence-corrected chi connectivity index (χ4v) is 2.48. The molecular formula is C14H22Cl2N2O. The Hall–Kier alpha value is -0.480. The quantitative estimate of drug-likeness (QED) is 0.721. The van der Waals surface area contributed by atoms with Crippen LogP contribution in [0.25, 0.3) is 0 Å². The molecule has 19 heavy (non-hydrogen) atoms. The van der Waals surface area contributed by atoms with Crippen molar-refractivity contribution >= 4 is 23.2 Å². The highest BCUT2D eigenvalue weighted by Gasteiger charge is 2.07. The summed E-state index contributed by atoms with van der Waals surface area (Å²) in [6, 6.07) is 3.28. The molecule has 0 heterocycles. The van der Waals surface area contributed by atoms with E-state index in [1.165, 1.54) is 0 Å². The van der Waals surface area contributed by atoms with Crippen molar-refractivity contribution in [1.82, 2.24) is 10.2 Å². The molecule has 3 nitrogen and oxygen atoms in total. The van der Waals surface area contributed by atoms with Crippen LogP contribution in [0, 0.1) is 0 Å². The van der Waals surface area contributed by atoms with Gasteiger partial charge in [-0.05, 0) is 44.7 Å². The maximum absolute atomic E-state index is 9.80. The van der Waals surface area contributed by atoms with Gasteiger partial charge in [0.05, 0.1) is 5.02 Å². The van der Waals surface area contributed by atoms with E-state index in [1.54, 1.807) is 12.1 Å². The molecule has 0 amide bonds. The Labute approximate surface area is 125 Å². The van der Waals surface area contributed by atoms with Crippen LogP contribution in [0.4, 0.5) is 0 Å². The first kappa shape index (κ1) is 16.6. The molecule has 0 fully saturated rings. The SMILES string of the molecule is CCN(CC)CCCNCc1cc(Cl)cc(Cl)c1O. The summed E-state index contributed by atoms with van der Waals surface area (Å²) >= 11 is 11.8.